The van der Waals surface area contributed by atoms with Gasteiger partial charge in [0.15, 0.2) is 5.78 Å². The number of H-pyrrole nitrogens is 3. The number of aromatic nitrogens is 3. The minimum absolute atomic E-state index is 0.0425. The van der Waals surface area contributed by atoms with Crippen molar-refractivity contribution in [2.75, 3.05) is 7.11 Å². The van der Waals surface area contributed by atoms with Gasteiger partial charge < -0.3 is 25.0 Å². The molecule has 3 aromatic rings. The van der Waals surface area contributed by atoms with Gasteiger partial charge in [-0.05, 0) is 74.1 Å². The Labute approximate surface area is 240 Å². The minimum Gasteiger partial charge on any atom is -0.469 e. The highest BCUT2D eigenvalue weighted by molar-refractivity contribution is 6.13. The maximum absolute atomic E-state index is 13.5. The Balaban J connectivity index is 1.67. The van der Waals surface area contributed by atoms with Gasteiger partial charge in [-0.25, -0.2) is 0 Å². The number of ether oxygens (including phenoxy) is 1. The predicted molar refractivity (Wildman–Crippen MR) is 163 cm³/mol. The molecule has 6 rings (SSSR count). The van der Waals surface area contributed by atoms with Gasteiger partial charge >= 0.3 is 5.97 Å². The van der Waals surface area contributed by atoms with Crippen LogP contribution >= 0.6 is 0 Å². The monoisotopic (exact) mass is 550 g/mol. The van der Waals surface area contributed by atoms with E-state index < -0.39 is 0 Å². The first-order valence-electron chi connectivity index (χ1n) is 14.5. The van der Waals surface area contributed by atoms with Crippen LogP contribution in [0.15, 0.2) is 18.0 Å². The van der Waals surface area contributed by atoms with Crippen molar-refractivity contribution in [1.82, 2.24) is 20.3 Å². The van der Waals surface area contributed by atoms with Crippen molar-refractivity contribution >= 4 is 41.6 Å². The molecule has 1 aliphatic carbocycles. The molecule has 2 atom stereocenters. The third-order valence-electron chi connectivity index (χ3n) is 9.42. The normalized spacial score (nSPS) is 19.1. The van der Waals surface area contributed by atoms with Crippen LogP contribution in [0.3, 0.4) is 0 Å². The Morgan fingerprint density at radius 1 is 1.02 bits per heavy atom. The van der Waals surface area contributed by atoms with Gasteiger partial charge in [0.25, 0.3) is 0 Å². The molecular weight excluding hydrogens is 512 g/mol. The van der Waals surface area contributed by atoms with Gasteiger partial charge in [0.2, 0.25) is 0 Å². The maximum Gasteiger partial charge on any atom is 0.305 e. The molecular formula is C34H38N4O3. The average Bonchev–Trinajstić information content (AvgIpc) is 3.70. The maximum atomic E-state index is 13.5. The average molecular weight is 551 g/mol. The number of Topliss-reactive ketones (excluding diaryl/α,β-unsaturated/α-hetero) is 1. The molecule has 7 nitrogen and oxygen atoms in total. The number of esters is 1. The Kier molecular flexibility index (Phi) is 6.56. The van der Waals surface area contributed by atoms with Crippen LogP contribution in [0.2, 0.25) is 0 Å². The summed E-state index contributed by atoms with van der Waals surface area (Å²) in [5.74, 6) is 0.0574. The van der Waals surface area contributed by atoms with E-state index in [0.717, 1.165) is 79.1 Å². The fourth-order valence-corrected chi connectivity index (χ4v) is 6.99. The van der Waals surface area contributed by atoms with Crippen molar-refractivity contribution in [1.29, 1.82) is 0 Å². The molecule has 3 aliphatic rings. The van der Waals surface area contributed by atoms with Gasteiger partial charge in [0.1, 0.15) is 0 Å². The van der Waals surface area contributed by atoms with Crippen LogP contribution in [-0.4, -0.2) is 33.8 Å². The molecule has 0 radical (unpaired) electrons. The summed E-state index contributed by atoms with van der Waals surface area (Å²) in [5, 5.41) is 5.82. The highest BCUT2D eigenvalue weighted by atomic mass is 16.5. The first-order chi connectivity index (χ1) is 19.7. The predicted octanol–water partition coefficient (Wildman–Crippen LogP) is 4.92. The molecule has 41 heavy (non-hydrogen) atoms. The molecule has 0 unspecified atom stereocenters. The third-order valence-corrected chi connectivity index (χ3v) is 9.42. The number of aromatic amines is 3. The molecule has 212 valence electrons. The summed E-state index contributed by atoms with van der Waals surface area (Å²) in [7, 11) is 1.43. The van der Waals surface area contributed by atoms with Crippen LogP contribution in [-0.2, 0) is 16.0 Å². The van der Waals surface area contributed by atoms with Crippen molar-refractivity contribution in [3.63, 3.8) is 0 Å². The van der Waals surface area contributed by atoms with E-state index in [0.29, 0.717) is 19.3 Å². The lowest BCUT2D eigenvalue weighted by Gasteiger charge is -2.17. The molecule has 1 fully saturated rings. The van der Waals surface area contributed by atoms with Crippen LogP contribution in [0.1, 0.15) is 94.1 Å². The SMILES string of the molecule is C=Cc1c2[nH]c(c1C)C=C1NC(=C3CC(=O)c4c3[nH]c(c4C)C=c3[nH]c(c(C)c3CC)=C2)[C@@H](CCC(=O)OC)[C@@H]1C. The summed E-state index contributed by atoms with van der Waals surface area (Å²) in [6.07, 6.45) is 10.6. The number of methoxy groups -OCH3 is 1. The molecule has 1 saturated heterocycles. The van der Waals surface area contributed by atoms with Crippen LogP contribution in [0.25, 0.3) is 29.9 Å². The topological polar surface area (TPSA) is 103 Å². The first-order valence-corrected chi connectivity index (χ1v) is 14.5. The Bertz CT molecular complexity index is 1820. The number of carbonyl (C=O) groups excluding carboxylic acids is 2. The van der Waals surface area contributed by atoms with E-state index in [1.54, 1.807) is 0 Å². The number of rotatable bonds is 5. The van der Waals surface area contributed by atoms with E-state index in [2.05, 4.69) is 72.8 Å². The second-order valence-corrected chi connectivity index (χ2v) is 11.5. The zero-order valence-electron chi connectivity index (χ0n) is 24.7. The highest BCUT2D eigenvalue weighted by Crippen LogP contribution is 2.45. The van der Waals surface area contributed by atoms with Gasteiger partial charge in [-0.2, -0.15) is 0 Å². The number of hydrogen-bond donors (Lipinski definition) is 4. The second kappa shape index (κ2) is 9.98. The van der Waals surface area contributed by atoms with Crippen LogP contribution in [0.4, 0.5) is 0 Å². The molecule has 0 amide bonds. The van der Waals surface area contributed by atoms with Gasteiger partial charge in [-0.1, -0.05) is 26.5 Å². The molecule has 0 saturated carbocycles. The summed E-state index contributed by atoms with van der Waals surface area (Å²) in [6, 6.07) is 0. The molecule has 4 N–H and O–H groups in total. The number of ketones is 1. The lowest BCUT2D eigenvalue weighted by atomic mass is 9.86. The zero-order valence-corrected chi connectivity index (χ0v) is 24.7. The van der Waals surface area contributed by atoms with E-state index >= 15 is 0 Å². The minimum atomic E-state index is -0.226. The quantitative estimate of drug-likeness (QED) is 0.339. The summed E-state index contributed by atoms with van der Waals surface area (Å²) in [4.78, 5) is 36.6. The van der Waals surface area contributed by atoms with Gasteiger partial charge in [0, 0.05) is 80.6 Å². The number of nitrogens with one attached hydrogen (secondary N) is 4. The number of allylic oxidation sites excluding steroid dienone is 3. The van der Waals surface area contributed by atoms with E-state index in [1.807, 2.05) is 13.0 Å². The smallest absolute Gasteiger partial charge is 0.305 e. The molecule has 7 heteroatoms. The molecule has 0 spiro atoms. The van der Waals surface area contributed by atoms with E-state index in [9.17, 15) is 9.59 Å². The summed E-state index contributed by atoms with van der Waals surface area (Å²) in [6.45, 7) is 14.8. The second-order valence-electron chi connectivity index (χ2n) is 11.5. The number of hydrogen-bond acceptors (Lipinski definition) is 4. The third kappa shape index (κ3) is 4.17. The summed E-state index contributed by atoms with van der Waals surface area (Å²) < 4.78 is 4.97. The first kappa shape index (κ1) is 26.9. The fraction of sp³-hybridized carbons (Fsp3) is 0.353. The zero-order chi connectivity index (χ0) is 29.2. The fourth-order valence-electron chi connectivity index (χ4n) is 6.99. The molecule has 0 aromatic carbocycles. The van der Waals surface area contributed by atoms with Gasteiger partial charge in [-0.3, -0.25) is 9.59 Å². The molecule has 2 aliphatic heterocycles. The molecule has 5 heterocycles. The van der Waals surface area contributed by atoms with Crippen LogP contribution < -0.4 is 16.0 Å². The summed E-state index contributed by atoms with van der Waals surface area (Å²) >= 11 is 0. The largest absolute Gasteiger partial charge is 0.469 e. The van der Waals surface area contributed by atoms with Crippen molar-refractivity contribution in [3.8, 4) is 0 Å². The van der Waals surface area contributed by atoms with Crippen LogP contribution in [0.5, 0.6) is 0 Å². The molecule has 8 bridgehead atoms. The Morgan fingerprint density at radius 3 is 2.46 bits per heavy atom. The number of fused-ring (bicyclic) bond motifs is 7. The van der Waals surface area contributed by atoms with E-state index in [-0.39, 0.29) is 23.6 Å². The van der Waals surface area contributed by atoms with Crippen molar-refractivity contribution < 1.29 is 14.3 Å². The summed E-state index contributed by atoms with van der Waals surface area (Å²) in [5.41, 5.74) is 13.3. The lowest BCUT2D eigenvalue weighted by molar-refractivity contribution is -0.140. The Hall–Kier alpha value is -4.26. The highest BCUT2D eigenvalue weighted by Gasteiger charge is 2.39. The van der Waals surface area contributed by atoms with Gasteiger partial charge in [-0.15, -0.1) is 0 Å². The van der Waals surface area contributed by atoms with Crippen molar-refractivity contribution in [2.24, 2.45) is 11.8 Å². The lowest BCUT2D eigenvalue weighted by Crippen LogP contribution is -2.13. The van der Waals surface area contributed by atoms with Crippen molar-refractivity contribution in [3.05, 3.63) is 84.8 Å². The standard InChI is InChI=1S/C34H38N4O3/c1-8-20-16(3)24-13-26-18(5)22(10-11-31(40)41-7)33(37-26)23-12-30(39)32-19(6)27(38-34(23)32)15-29-21(9-2)17(4)25(36-29)14-28(20)35-24/h8,13-15,18,22,35-38H,1,9-12H2,2-7H3/t18-,22-/m0/s1. The number of carbonyl (C=O) groups is 2. The van der Waals surface area contributed by atoms with Gasteiger partial charge in [0.05, 0.1) is 12.8 Å². The Morgan fingerprint density at radius 2 is 1.76 bits per heavy atom. The van der Waals surface area contributed by atoms with Crippen LogP contribution in [0, 0.1) is 32.6 Å². The molecule has 3 aromatic heterocycles. The van der Waals surface area contributed by atoms with E-state index in [4.69, 9.17) is 4.74 Å². The van der Waals surface area contributed by atoms with Crippen molar-refractivity contribution in [2.45, 2.75) is 60.3 Å². The van der Waals surface area contributed by atoms with E-state index in [1.165, 1.54) is 18.2 Å².